The standard InChI is InChI=1S/C24H23ClN2O3/c1-24(29,21-6-2-3-7-22(21)25)17-27-23(28)13-10-18-8-11-20(12-9-18)30-16-19-5-4-14-26-15-19/h2-15,29H,16-17H2,1H3,(H,27,28)/b13-10+. The van der Waals surface area contributed by atoms with Crippen molar-refractivity contribution in [1.82, 2.24) is 10.3 Å². The van der Waals surface area contributed by atoms with E-state index >= 15 is 0 Å². The van der Waals surface area contributed by atoms with Gasteiger partial charge in [0.25, 0.3) is 0 Å². The molecule has 3 aromatic rings. The molecule has 0 saturated carbocycles. The molecule has 0 radical (unpaired) electrons. The molecule has 6 heteroatoms. The van der Waals surface area contributed by atoms with Gasteiger partial charge >= 0.3 is 0 Å². The second-order valence-corrected chi connectivity index (χ2v) is 7.43. The third kappa shape index (κ3) is 6.17. The summed E-state index contributed by atoms with van der Waals surface area (Å²) in [6, 6.07) is 18.3. The largest absolute Gasteiger partial charge is 0.489 e. The van der Waals surface area contributed by atoms with Crippen molar-refractivity contribution in [2.24, 2.45) is 0 Å². The lowest BCUT2D eigenvalue weighted by atomic mass is 9.96. The van der Waals surface area contributed by atoms with Gasteiger partial charge in [-0.3, -0.25) is 9.78 Å². The first-order valence-corrected chi connectivity index (χ1v) is 9.87. The Labute approximate surface area is 181 Å². The van der Waals surface area contributed by atoms with Crippen LogP contribution in [0.5, 0.6) is 5.75 Å². The van der Waals surface area contributed by atoms with Gasteiger partial charge in [0.05, 0.1) is 6.54 Å². The van der Waals surface area contributed by atoms with Crippen molar-refractivity contribution in [1.29, 1.82) is 0 Å². The number of carbonyl (C=O) groups is 1. The van der Waals surface area contributed by atoms with Crippen LogP contribution in [-0.4, -0.2) is 22.5 Å². The highest BCUT2D eigenvalue weighted by Gasteiger charge is 2.25. The predicted molar refractivity (Wildman–Crippen MR) is 118 cm³/mol. The number of hydrogen-bond acceptors (Lipinski definition) is 4. The Hall–Kier alpha value is -3.15. The molecule has 0 aliphatic carbocycles. The fourth-order valence-corrected chi connectivity index (χ4v) is 3.15. The Morgan fingerprint density at radius 3 is 2.63 bits per heavy atom. The molecule has 154 valence electrons. The first kappa shape index (κ1) is 21.6. The number of nitrogens with one attached hydrogen (secondary N) is 1. The van der Waals surface area contributed by atoms with Crippen molar-refractivity contribution in [2.45, 2.75) is 19.1 Å². The Kier molecular flexibility index (Phi) is 7.22. The van der Waals surface area contributed by atoms with Gasteiger partial charge in [-0.05, 0) is 42.8 Å². The van der Waals surface area contributed by atoms with Gasteiger partial charge in [0.15, 0.2) is 0 Å². The summed E-state index contributed by atoms with van der Waals surface area (Å²) in [6.45, 7) is 2.10. The smallest absolute Gasteiger partial charge is 0.244 e. The number of pyridine rings is 1. The number of benzene rings is 2. The molecule has 0 fully saturated rings. The van der Waals surface area contributed by atoms with E-state index in [1.54, 1.807) is 49.7 Å². The number of aromatic nitrogens is 1. The molecule has 5 nitrogen and oxygen atoms in total. The molecular weight excluding hydrogens is 400 g/mol. The number of nitrogens with zero attached hydrogens (tertiary/aromatic N) is 1. The summed E-state index contributed by atoms with van der Waals surface area (Å²) in [6.07, 6.45) is 6.61. The van der Waals surface area contributed by atoms with Crippen LogP contribution >= 0.6 is 11.6 Å². The molecule has 30 heavy (non-hydrogen) atoms. The Morgan fingerprint density at radius 2 is 1.93 bits per heavy atom. The van der Waals surface area contributed by atoms with Gasteiger partial charge in [-0.2, -0.15) is 0 Å². The molecule has 1 amide bonds. The minimum atomic E-state index is -1.27. The summed E-state index contributed by atoms with van der Waals surface area (Å²) in [5.41, 5.74) is 1.15. The van der Waals surface area contributed by atoms with Crippen LogP contribution in [0.3, 0.4) is 0 Å². The summed E-state index contributed by atoms with van der Waals surface area (Å²) < 4.78 is 5.72. The van der Waals surface area contributed by atoms with E-state index < -0.39 is 5.60 Å². The van der Waals surface area contributed by atoms with Crippen molar-refractivity contribution in [2.75, 3.05) is 6.54 Å². The molecular formula is C24H23ClN2O3. The highest BCUT2D eigenvalue weighted by Crippen LogP contribution is 2.27. The van der Waals surface area contributed by atoms with Crippen LogP contribution in [0, 0.1) is 0 Å². The summed E-state index contributed by atoms with van der Waals surface area (Å²) in [4.78, 5) is 16.2. The summed E-state index contributed by atoms with van der Waals surface area (Å²) in [7, 11) is 0. The fraction of sp³-hybridized carbons (Fsp3) is 0.167. The van der Waals surface area contributed by atoms with Crippen molar-refractivity contribution >= 4 is 23.6 Å². The molecule has 0 spiro atoms. The fourth-order valence-electron chi connectivity index (χ4n) is 2.81. The molecule has 1 unspecified atom stereocenters. The molecule has 1 atom stereocenters. The summed E-state index contributed by atoms with van der Waals surface area (Å²) >= 11 is 6.14. The second kappa shape index (κ2) is 10.1. The van der Waals surface area contributed by atoms with Gasteiger partial charge in [0.2, 0.25) is 5.91 Å². The SMILES string of the molecule is CC(O)(CNC(=O)/C=C/c1ccc(OCc2cccnc2)cc1)c1ccccc1Cl. The highest BCUT2D eigenvalue weighted by molar-refractivity contribution is 6.31. The van der Waals surface area contributed by atoms with Gasteiger partial charge in [-0.15, -0.1) is 0 Å². The monoisotopic (exact) mass is 422 g/mol. The van der Waals surface area contributed by atoms with Gasteiger partial charge in [0.1, 0.15) is 18.0 Å². The van der Waals surface area contributed by atoms with E-state index in [9.17, 15) is 9.90 Å². The van der Waals surface area contributed by atoms with Gasteiger partial charge in [-0.25, -0.2) is 0 Å². The van der Waals surface area contributed by atoms with Crippen molar-refractivity contribution in [3.63, 3.8) is 0 Å². The number of amides is 1. The zero-order chi connectivity index (χ0) is 21.4. The van der Waals surface area contributed by atoms with Crippen molar-refractivity contribution < 1.29 is 14.6 Å². The Balaban J connectivity index is 1.50. The van der Waals surface area contributed by atoms with Crippen LogP contribution in [0.1, 0.15) is 23.6 Å². The third-order valence-electron chi connectivity index (χ3n) is 4.50. The van der Waals surface area contributed by atoms with E-state index in [1.165, 1.54) is 6.08 Å². The number of ether oxygens (including phenoxy) is 1. The average molecular weight is 423 g/mol. The Bertz CT molecular complexity index is 1000. The van der Waals surface area contributed by atoms with Crippen LogP contribution in [0.25, 0.3) is 6.08 Å². The van der Waals surface area contributed by atoms with E-state index in [0.29, 0.717) is 17.2 Å². The molecule has 1 aromatic heterocycles. The molecule has 0 saturated heterocycles. The molecule has 2 N–H and O–H groups in total. The lowest BCUT2D eigenvalue weighted by Gasteiger charge is -2.25. The predicted octanol–water partition coefficient (Wildman–Crippen LogP) is 4.35. The Morgan fingerprint density at radius 1 is 1.17 bits per heavy atom. The topological polar surface area (TPSA) is 71.5 Å². The molecule has 2 aromatic carbocycles. The number of rotatable bonds is 8. The van der Waals surface area contributed by atoms with Crippen LogP contribution in [0.4, 0.5) is 0 Å². The van der Waals surface area contributed by atoms with E-state index in [4.69, 9.17) is 16.3 Å². The van der Waals surface area contributed by atoms with Gasteiger partial charge < -0.3 is 15.2 Å². The quantitative estimate of drug-likeness (QED) is 0.529. The van der Waals surface area contributed by atoms with E-state index in [-0.39, 0.29) is 12.5 Å². The van der Waals surface area contributed by atoms with Crippen LogP contribution in [0.15, 0.2) is 79.1 Å². The number of hydrogen-bond donors (Lipinski definition) is 2. The maximum atomic E-state index is 12.1. The lowest BCUT2D eigenvalue weighted by molar-refractivity contribution is -0.117. The molecule has 0 aliphatic heterocycles. The lowest BCUT2D eigenvalue weighted by Crippen LogP contribution is -2.38. The third-order valence-corrected chi connectivity index (χ3v) is 4.83. The van der Waals surface area contributed by atoms with Crippen LogP contribution in [0.2, 0.25) is 5.02 Å². The van der Waals surface area contributed by atoms with E-state index in [0.717, 1.165) is 16.9 Å². The normalized spacial score (nSPS) is 13.0. The maximum Gasteiger partial charge on any atom is 0.244 e. The maximum absolute atomic E-state index is 12.1. The second-order valence-electron chi connectivity index (χ2n) is 7.02. The van der Waals surface area contributed by atoms with Crippen molar-refractivity contribution in [3.05, 3.63) is 101 Å². The van der Waals surface area contributed by atoms with E-state index in [2.05, 4.69) is 10.3 Å². The minimum Gasteiger partial charge on any atom is -0.489 e. The van der Waals surface area contributed by atoms with E-state index in [1.807, 2.05) is 36.4 Å². The molecule has 3 rings (SSSR count). The van der Waals surface area contributed by atoms with Gasteiger partial charge in [0, 0.05) is 34.6 Å². The molecule has 0 bridgehead atoms. The summed E-state index contributed by atoms with van der Waals surface area (Å²) in [5.74, 6) is 0.426. The average Bonchev–Trinajstić information content (AvgIpc) is 2.76. The minimum absolute atomic E-state index is 0.0427. The number of carbonyl (C=O) groups excluding carboxylic acids is 1. The summed E-state index contributed by atoms with van der Waals surface area (Å²) in [5, 5.41) is 13.8. The zero-order valence-electron chi connectivity index (χ0n) is 16.6. The number of halogens is 1. The zero-order valence-corrected chi connectivity index (χ0v) is 17.3. The van der Waals surface area contributed by atoms with Crippen LogP contribution < -0.4 is 10.1 Å². The van der Waals surface area contributed by atoms with Crippen LogP contribution in [-0.2, 0) is 17.0 Å². The highest BCUT2D eigenvalue weighted by atomic mass is 35.5. The molecule has 1 heterocycles. The van der Waals surface area contributed by atoms with Crippen molar-refractivity contribution in [3.8, 4) is 5.75 Å². The first-order chi connectivity index (χ1) is 14.4. The number of aliphatic hydroxyl groups is 1. The first-order valence-electron chi connectivity index (χ1n) is 9.49. The van der Waals surface area contributed by atoms with Gasteiger partial charge in [-0.1, -0.05) is 48.0 Å². The molecule has 0 aliphatic rings.